The van der Waals surface area contributed by atoms with Crippen LogP contribution < -0.4 is 0 Å². The van der Waals surface area contributed by atoms with Gasteiger partial charge < -0.3 is 4.74 Å². The summed E-state index contributed by atoms with van der Waals surface area (Å²) in [5.41, 5.74) is 4.53. The van der Waals surface area contributed by atoms with Gasteiger partial charge in [0.05, 0.1) is 13.2 Å². The molecule has 0 aromatic heterocycles. The lowest BCUT2D eigenvalue weighted by atomic mass is 10.1. The number of thiocarbonyl (C=S) groups is 2. The van der Waals surface area contributed by atoms with Crippen molar-refractivity contribution in [1.29, 1.82) is 0 Å². The van der Waals surface area contributed by atoms with Gasteiger partial charge in [-0.2, -0.15) is 0 Å². The Morgan fingerprint density at radius 3 is 1.38 bits per heavy atom. The van der Waals surface area contributed by atoms with Crippen LogP contribution in [0.25, 0.3) is 0 Å². The number of ether oxygens (including phenoxy) is 1. The van der Waals surface area contributed by atoms with E-state index in [2.05, 4.69) is 38.1 Å². The SMILES string of the molecule is Cc1ccc(C(=S)COCC(=S)c2ccc(C)cc2)cc1. The first-order valence-electron chi connectivity index (χ1n) is 6.84. The summed E-state index contributed by atoms with van der Waals surface area (Å²) in [6.45, 7) is 4.96. The molecule has 108 valence electrons. The Bertz CT molecular complexity index is 570. The predicted molar refractivity (Wildman–Crippen MR) is 96.6 cm³/mol. The molecule has 1 nitrogen and oxygen atoms in total. The number of benzene rings is 2. The van der Waals surface area contributed by atoms with Crippen LogP contribution in [0.15, 0.2) is 48.5 Å². The number of aryl methyl sites for hydroxylation is 2. The smallest absolute Gasteiger partial charge is 0.0828 e. The summed E-state index contributed by atoms with van der Waals surface area (Å²) in [5, 5.41) is 0. The third-order valence-corrected chi connectivity index (χ3v) is 3.92. The highest BCUT2D eigenvalue weighted by atomic mass is 32.1. The Labute approximate surface area is 137 Å². The molecule has 3 heteroatoms. The van der Waals surface area contributed by atoms with Crippen LogP contribution in [0.3, 0.4) is 0 Å². The summed E-state index contributed by atoms with van der Waals surface area (Å²) in [6, 6.07) is 16.3. The van der Waals surface area contributed by atoms with Crippen molar-refractivity contribution < 1.29 is 4.74 Å². The molecule has 0 saturated heterocycles. The fraction of sp³-hybridized carbons (Fsp3) is 0.222. The van der Waals surface area contributed by atoms with Crippen molar-refractivity contribution in [1.82, 2.24) is 0 Å². The van der Waals surface area contributed by atoms with E-state index in [1.54, 1.807) is 0 Å². The largest absolute Gasteiger partial charge is 0.370 e. The van der Waals surface area contributed by atoms with E-state index in [-0.39, 0.29) is 0 Å². The van der Waals surface area contributed by atoms with E-state index in [9.17, 15) is 0 Å². The minimum Gasteiger partial charge on any atom is -0.370 e. The summed E-state index contributed by atoms with van der Waals surface area (Å²) < 4.78 is 5.64. The van der Waals surface area contributed by atoms with E-state index in [0.29, 0.717) is 13.2 Å². The second-order valence-electron chi connectivity index (χ2n) is 5.07. The molecular formula is C18H18OS2. The Morgan fingerprint density at radius 1 is 0.714 bits per heavy atom. The van der Waals surface area contributed by atoms with E-state index in [1.807, 2.05) is 24.3 Å². The minimum absolute atomic E-state index is 0.421. The highest BCUT2D eigenvalue weighted by molar-refractivity contribution is 7.81. The van der Waals surface area contributed by atoms with Gasteiger partial charge in [-0.3, -0.25) is 0 Å². The first-order chi connectivity index (χ1) is 10.1. The molecule has 0 amide bonds. The average Bonchev–Trinajstić information content (AvgIpc) is 2.48. The Hall–Kier alpha value is -1.42. The van der Waals surface area contributed by atoms with E-state index in [0.717, 1.165) is 20.9 Å². The third kappa shape index (κ3) is 4.81. The molecule has 0 aliphatic carbocycles. The fourth-order valence-electron chi connectivity index (χ4n) is 1.88. The highest BCUT2D eigenvalue weighted by Gasteiger charge is 2.04. The molecule has 0 N–H and O–H groups in total. The molecule has 0 fully saturated rings. The summed E-state index contributed by atoms with van der Waals surface area (Å²) in [6.07, 6.45) is 0. The first-order valence-corrected chi connectivity index (χ1v) is 7.65. The lowest BCUT2D eigenvalue weighted by Crippen LogP contribution is -2.13. The second-order valence-corrected chi connectivity index (χ2v) is 6.06. The van der Waals surface area contributed by atoms with Crippen LogP contribution in [0.4, 0.5) is 0 Å². The molecule has 0 unspecified atom stereocenters. The number of rotatable bonds is 6. The molecule has 2 aromatic rings. The van der Waals surface area contributed by atoms with Crippen LogP contribution in [-0.4, -0.2) is 22.9 Å². The minimum atomic E-state index is 0.421. The van der Waals surface area contributed by atoms with Crippen LogP contribution >= 0.6 is 24.4 Å². The normalized spacial score (nSPS) is 10.4. The van der Waals surface area contributed by atoms with Gasteiger partial charge in [0.1, 0.15) is 0 Å². The van der Waals surface area contributed by atoms with Gasteiger partial charge in [-0.1, -0.05) is 84.1 Å². The molecule has 0 saturated carbocycles. The first kappa shape index (κ1) is 16.0. The molecule has 2 rings (SSSR count). The van der Waals surface area contributed by atoms with Gasteiger partial charge in [-0.25, -0.2) is 0 Å². The molecule has 0 heterocycles. The van der Waals surface area contributed by atoms with Crippen molar-refractivity contribution in [3.05, 3.63) is 70.8 Å². The van der Waals surface area contributed by atoms with Crippen LogP contribution in [-0.2, 0) is 4.74 Å². The van der Waals surface area contributed by atoms with E-state index in [1.165, 1.54) is 11.1 Å². The average molecular weight is 314 g/mol. The van der Waals surface area contributed by atoms with Crippen molar-refractivity contribution in [2.75, 3.05) is 13.2 Å². The maximum Gasteiger partial charge on any atom is 0.0828 e. The standard InChI is InChI=1S/C18H18OS2/c1-13-3-7-15(8-4-13)17(20)11-19-12-18(21)16-9-5-14(2)6-10-16/h3-10H,11-12H2,1-2H3. The van der Waals surface area contributed by atoms with E-state index < -0.39 is 0 Å². The molecule has 21 heavy (non-hydrogen) atoms. The van der Waals surface area contributed by atoms with Gasteiger partial charge in [-0.05, 0) is 25.0 Å². The Kier molecular flexibility index (Phi) is 5.74. The third-order valence-electron chi connectivity index (χ3n) is 3.21. The number of hydrogen-bond donors (Lipinski definition) is 0. The van der Waals surface area contributed by atoms with Gasteiger partial charge in [0.25, 0.3) is 0 Å². The van der Waals surface area contributed by atoms with E-state index in [4.69, 9.17) is 29.2 Å². The predicted octanol–water partition coefficient (Wildman–Crippen LogP) is 4.46. The van der Waals surface area contributed by atoms with Crippen molar-refractivity contribution in [3.8, 4) is 0 Å². The molecule has 0 spiro atoms. The van der Waals surface area contributed by atoms with Gasteiger partial charge in [0.15, 0.2) is 0 Å². The van der Waals surface area contributed by atoms with Crippen LogP contribution in [0.5, 0.6) is 0 Å². The van der Waals surface area contributed by atoms with Crippen molar-refractivity contribution in [2.24, 2.45) is 0 Å². The number of hydrogen-bond acceptors (Lipinski definition) is 3. The summed E-state index contributed by atoms with van der Waals surface area (Å²) in [7, 11) is 0. The fourth-order valence-corrected chi connectivity index (χ4v) is 2.32. The second kappa shape index (κ2) is 7.55. The van der Waals surface area contributed by atoms with Gasteiger partial charge in [-0.15, -0.1) is 0 Å². The molecule has 0 aliphatic heterocycles. The van der Waals surface area contributed by atoms with Gasteiger partial charge in [0.2, 0.25) is 0 Å². The maximum atomic E-state index is 5.64. The van der Waals surface area contributed by atoms with Crippen LogP contribution in [0, 0.1) is 13.8 Å². The monoisotopic (exact) mass is 314 g/mol. The van der Waals surface area contributed by atoms with Crippen molar-refractivity contribution in [3.63, 3.8) is 0 Å². The van der Waals surface area contributed by atoms with Crippen molar-refractivity contribution >= 4 is 34.2 Å². The quantitative estimate of drug-likeness (QED) is 0.575. The molecule has 0 bridgehead atoms. The van der Waals surface area contributed by atoms with Crippen molar-refractivity contribution in [2.45, 2.75) is 13.8 Å². The van der Waals surface area contributed by atoms with E-state index >= 15 is 0 Å². The van der Waals surface area contributed by atoms with Gasteiger partial charge >= 0.3 is 0 Å². The van der Waals surface area contributed by atoms with Crippen LogP contribution in [0.2, 0.25) is 0 Å². The zero-order valence-corrected chi connectivity index (χ0v) is 13.9. The summed E-state index contributed by atoms with van der Waals surface area (Å²) >= 11 is 10.8. The molecule has 0 radical (unpaired) electrons. The zero-order valence-electron chi connectivity index (χ0n) is 12.3. The Morgan fingerprint density at radius 2 is 1.05 bits per heavy atom. The molecular weight excluding hydrogens is 296 g/mol. The highest BCUT2D eigenvalue weighted by Crippen LogP contribution is 2.07. The lowest BCUT2D eigenvalue weighted by molar-refractivity contribution is 0.218. The topological polar surface area (TPSA) is 9.23 Å². The zero-order chi connectivity index (χ0) is 15.2. The summed E-state index contributed by atoms with van der Waals surface area (Å²) in [4.78, 5) is 1.61. The van der Waals surface area contributed by atoms with Gasteiger partial charge in [0, 0.05) is 9.73 Å². The molecule has 0 aliphatic rings. The van der Waals surface area contributed by atoms with Crippen LogP contribution in [0.1, 0.15) is 22.3 Å². The molecule has 0 atom stereocenters. The maximum absolute atomic E-state index is 5.64. The molecule has 2 aromatic carbocycles. The lowest BCUT2D eigenvalue weighted by Gasteiger charge is -2.08. The summed E-state index contributed by atoms with van der Waals surface area (Å²) in [5.74, 6) is 0. The Balaban J connectivity index is 1.83.